The number of nitrogens with one attached hydrogen (secondary N) is 1. The van der Waals surface area contributed by atoms with E-state index in [4.69, 9.17) is 4.74 Å². The fraction of sp³-hybridized carbons (Fsp3) is 0.0833. The van der Waals surface area contributed by atoms with Crippen LogP contribution in [0.25, 0.3) is 0 Å². The van der Waals surface area contributed by atoms with Crippen molar-refractivity contribution in [3.8, 4) is 11.5 Å². The van der Waals surface area contributed by atoms with Gasteiger partial charge in [0.25, 0.3) is 0 Å². The lowest BCUT2D eigenvalue weighted by Gasteiger charge is -2.07. The normalized spacial score (nSPS) is 10.1. The second-order valence-electron chi connectivity index (χ2n) is 3.30. The van der Waals surface area contributed by atoms with E-state index in [0.717, 1.165) is 0 Å². The fourth-order valence-electron chi connectivity index (χ4n) is 1.29. The summed E-state index contributed by atoms with van der Waals surface area (Å²) in [4.78, 5) is 4.07. The molecule has 5 heteroatoms. The van der Waals surface area contributed by atoms with Crippen LogP contribution in [-0.2, 0) is 0 Å². The topological polar surface area (TPSA) is 34.1 Å². The first-order valence-electron chi connectivity index (χ1n) is 4.96. The molecule has 2 rings (SSSR count). The highest BCUT2D eigenvalue weighted by Gasteiger charge is 2.03. The van der Waals surface area contributed by atoms with Gasteiger partial charge in [0.15, 0.2) is 0 Å². The Morgan fingerprint density at radius 2 is 2.00 bits per heavy atom. The predicted octanol–water partition coefficient (Wildman–Crippen LogP) is 3.82. The molecular weight excluding hydrogens is 287 g/mol. The van der Waals surface area contributed by atoms with Crippen molar-refractivity contribution < 1.29 is 9.13 Å². The standard InChI is InChI=1S/C12H10BrFN2O/c1-15-12-7-9(4-5-16-12)17-8-2-3-11(14)10(13)6-8/h2-7H,1H3,(H,15,16). The zero-order chi connectivity index (χ0) is 12.3. The smallest absolute Gasteiger partial charge is 0.137 e. The summed E-state index contributed by atoms with van der Waals surface area (Å²) >= 11 is 3.11. The molecule has 88 valence electrons. The Morgan fingerprint density at radius 3 is 2.71 bits per heavy atom. The van der Waals surface area contributed by atoms with Gasteiger partial charge in [0.1, 0.15) is 23.1 Å². The van der Waals surface area contributed by atoms with E-state index in [1.807, 2.05) is 0 Å². The molecule has 0 atom stereocenters. The Bertz CT molecular complexity index is 534. The summed E-state index contributed by atoms with van der Waals surface area (Å²) in [7, 11) is 1.78. The predicted molar refractivity (Wildman–Crippen MR) is 68.0 cm³/mol. The highest BCUT2D eigenvalue weighted by molar-refractivity contribution is 9.10. The van der Waals surface area contributed by atoms with Crippen LogP contribution in [0.4, 0.5) is 10.2 Å². The molecule has 0 fully saturated rings. The lowest BCUT2D eigenvalue weighted by molar-refractivity contribution is 0.479. The maximum absolute atomic E-state index is 13.0. The van der Waals surface area contributed by atoms with Crippen molar-refractivity contribution in [1.29, 1.82) is 0 Å². The Morgan fingerprint density at radius 1 is 1.24 bits per heavy atom. The molecule has 0 amide bonds. The van der Waals surface area contributed by atoms with Crippen LogP contribution >= 0.6 is 15.9 Å². The number of aromatic nitrogens is 1. The number of halogens is 2. The van der Waals surface area contributed by atoms with Crippen LogP contribution in [0, 0.1) is 5.82 Å². The SMILES string of the molecule is CNc1cc(Oc2ccc(F)c(Br)c2)ccn1. The number of hydrogen-bond donors (Lipinski definition) is 1. The summed E-state index contributed by atoms with van der Waals surface area (Å²) in [6.07, 6.45) is 1.64. The first-order valence-corrected chi connectivity index (χ1v) is 5.75. The maximum Gasteiger partial charge on any atom is 0.137 e. The summed E-state index contributed by atoms with van der Waals surface area (Å²) in [5.74, 6) is 1.60. The Labute approximate surface area is 107 Å². The molecule has 1 N–H and O–H groups in total. The zero-order valence-corrected chi connectivity index (χ0v) is 10.7. The van der Waals surface area contributed by atoms with Crippen LogP contribution in [0.5, 0.6) is 11.5 Å². The lowest BCUT2D eigenvalue weighted by atomic mass is 10.3. The summed E-state index contributed by atoms with van der Waals surface area (Å²) in [5, 5.41) is 2.91. The van der Waals surface area contributed by atoms with Crippen molar-refractivity contribution in [2.75, 3.05) is 12.4 Å². The third-order valence-electron chi connectivity index (χ3n) is 2.11. The van der Waals surface area contributed by atoms with Crippen LogP contribution in [0.2, 0.25) is 0 Å². The quantitative estimate of drug-likeness (QED) is 0.935. The molecule has 1 aromatic heterocycles. The van der Waals surface area contributed by atoms with E-state index in [1.54, 1.807) is 37.5 Å². The molecule has 0 aliphatic carbocycles. The summed E-state index contributed by atoms with van der Waals surface area (Å²) in [5.41, 5.74) is 0. The van der Waals surface area contributed by atoms with Crippen molar-refractivity contribution in [2.45, 2.75) is 0 Å². The van der Waals surface area contributed by atoms with E-state index in [1.165, 1.54) is 6.07 Å². The summed E-state index contributed by atoms with van der Waals surface area (Å²) in [6, 6.07) is 7.99. The molecule has 0 bridgehead atoms. The van der Waals surface area contributed by atoms with Gasteiger partial charge in [-0.25, -0.2) is 9.37 Å². The van der Waals surface area contributed by atoms with Gasteiger partial charge in [-0.3, -0.25) is 0 Å². The van der Waals surface area contributed by atoms with Crippen molar-refractivity contribution in [2.24, 2.45) is 0 Å². The number of nitrogens with zero attached hydrogens (tertiary/aromatic N) is 1. The van der Waals surface area contributed by atoms with Crippen molar-refractivity contribution in [1.82, 2.24) is 4.98 Å². The van der Waals surface area contributed by atoms with Gasteiger partial charge in [0.05, 0.1) is 4.47 Å². The minimum atomic E-state index is -0.317. The Kier molecular flexibility index (Phi) is 3.58. The molecule has 1 aromatic carbocycles. The molecule has 2 aromatic rings. The zero-order valence-electron chi connectivity index (χ0n) is 9.08. The third-order valence-corrected chi connectivity index (χ3v) is 2.72. The Balaban J connectivity index is 2.22. The monoisotopic (exact) mass is 296 g/mol. The largest absolute Gasteiger partial charge is 0.457 e. The van der Waals surface area contributed by atoms with Crippen LogP contribution in [-0.4, -0.2) is 12.0 Å². The number of anilines is 1. The number of ether oxygens (including phenoxy) is 1. The van der Waals surface area contributed by atoms with Gasteiger partial charge in [0.2, 0.25) is 0 Å². The summed E-state index contributed by atoms with van der Waals surface area (Å²) < 4.78 is 19.0. The molecule has 0 aliphatic rings. The van der Waals surface area contributed by atoms with Gasteiger partial charge in [-0.2, -0.15) is 0 Å². The molecule has 3 nitrogen and oxygen atoms in total. The minimum Gasteiger partial charge on any atom is -0.457 e. The molecule has 1 heterocycles. The maximum atomic E-state index is 13.0. The molecule has 0 saturated heterocycles. The number of rotatable bonds is 3. The van der Waals surface area contributed by atoms with E-state index < -0.39 is 0 Å². The van der Waals surface area contributed by atoms with Crippen molar-refractivity contribution in [3.05, 3.63) is 46.8 Å². The number of hydrogen-bond acceptors (Lipinski definition) is 3. The molecule has 0 radical (unpaired) electrons. The fourth-order valence-corrected chi connectivity index (χ4v) is 1.65. The van der Waals surface area contributed by atoms with Gasteiger partial charge in [-0.15, -0.1) is 0 Å². The van der Waals surface area contributed by atoms with E-state index >= 15 is 0 Å². The van der Waals surface area contributed by atoms with Gasteiger partial charge < -0.3 is 10.1 Å². The highest BCUT2D eigenvalue weighted by atomic mass is 79.9. The minimum absolute atomic E-state index is 0.317. The number of pyridine rings is 1. The van der Waals surface area contributed by atoms with Gasteiger partial charge in [0, 0.05) is 19.3 Å². The van der Waals surface area contributed by atoms with E-state index in [-0.39, 0.29) is 5.82 Å². The molecule has 0 spiro atoms. The van der Waals surface area contributed by atoms with Gasteiger partial charge >= 0.3 is 0 Å². The first-order chi connectivity index (χ1) is 8.19. The highest BCUT2D eigenvalue weighted by Crippen LogP contribution is 2.26. The van der Waals surface area contributed by atoms with Crippen molar-refractivity contribution in [3.63, 3.8) is 0 Å². The molecule has 17 heavy (non-hydrogen) atoms. The molecule has 0 unspecified atom stereocenters. The average Bonchev–Trinajstić information content (AvgIpc) is 2.34. The Hall–Kier alpha value is -1.62. The summed E-state index contributed by atoms with van der Waals surface area (Å²) in [6.45, 7) is 0. The second kappa shape index (κ2) is 5.14. The van der Waals surface area contributed by atoms with E-state index in [9.17, 15) is 4.39 Å². The number of benzene rings is 1. The molecule has 0 saturated carbocycles. The van der Waals surface area contributed by atoms with Crippen LogP contribution in [0.3, 0.4) is 0 Å². The van der Waals surface area contributed by atoms with Gasteiger partial charge in [-0.1, -0.05) is 0 Å². The van der Waals surface area contributed by atoms with Gasteiger partial charge in [-0.05, 0) is 40.2 Å². The lowest BCUT2D eigenvalue weighted by Crippen LogP contribution is -1.92. The van der Waals surface area contributed by atoms with Crippen molar-refractivity contribution >= 4 is 21.7 Å². The van der Waals surface area contributed by atoms with Crippen LogP contribution in [0.15, 0.2) is 41.0 Å². The molecular formula is C12H10BrFN2O. The second-order valence-corrected chi connectivity index (χ2v) is 4.16. The first kappa shape index (κ1) is 11.9. The molecule has 0 aliphatic heterocycles. The van der Waals surface area contributed by atoms with Crippen LogP contribution in [0.1, 0.15) is 0 Å². The van der Waals surface area contributed by atoms with E-state index in [2.05, 4.69) is 26.2 Å². The van der Waals surface area contributed by atoms with Crippen LogP contribution < -0.4 is 10.1 Å². The average molecular weight is 297 g/mol. The third kappa shape index (κ3) is 2.94. The van der Waals surface area contributed by atoms with E-state index in [0.29, 0.717) is 21.8 Å².